The Bertz CT molecular complexity index is 233. The first-order valence-electron chi connectivity index (χ1n) is 6.55. The Balaban J connectivity index is 2.07. The zero-order valence-electron chi connectivity index (χ0n) is 11.6. The first kappa shape index (κ1) is 15.8. The van der Waals surface area contributed by atoms with Crippen molar-refractivity contribution < 1.29 is 14.6 Å². The van der Waals surface area contributed by atoms with Gasteiger partial charge in [-0.05, 0) is 33.7 Å². The number of rotatable bonds is 6. The topological polar surface area (TPSA) is 88.8 Å². The number of aliphatic hydroxyl groups is 1. The Morgan fingerprint density at radius 2 is 2.22 bits per heavy atom. The third kappa shape index (κ3) is 6.63. The molecule has 0 aliphatic carbocycles. The molecule has 1 saturated heterocycles. The lowest BCUT2D eigenvalue weighted by Gasteiger charge is -2.29. The van der Waals surface area contributed by atoms with Gasteiger partial charge >= 0.3 is 0 Å². The first-order chi connectivity index (χ1) is 8.38. The number of nitrogens with two attached hydrogens (primary N) is 1. The van der Waals surface area contributed by atoms with E-state index in [4.69, 9.17) is 15.2 Å². The molecule has 1 fully saturated rings. The zero-order valence-corrected chi connectivity index (χ0v) is 11.6. The third-order valence-corrected chi connectivity index (χ3v) is 2.68. The molecule has 0 spiro atoms. The Kier molecular flexibility index (Phi) is 6.48. The van der Waals surface area contributed by atoms with Crippen LogP contribution in [0, 0.1) is 0 Å². The van der Waals surface area contributed by atoms with Crippen LogP contribution in [-0.4, -0.2) is 55.5 Å². The molecule has 0 radical (unpaired) electrons. The molecule has 1 aliphatic heterocycles. The lowest BCUT2D eigenvalue weighted by atomic mass is 10.1. The maximum atomic E-state index is 9.55. The average Bonchev–Trinajstić information content (AvgIpc) is 2.24. The van der Waals surface area contributed by atoms with E-state index in [0.29, 0.717) is 13.2 Å². The molecule has 18 heavy (non-hydrogen) atoms. The van der Waals surface area contributed by atoms with Crippen LogP contribution in [0.4, 0.5) is 0 Å². The molecule has 108 valence electrons. The van der Waals surface area contributed by atoms with Crippen molar-refractivity contribution >= 4 is 0 Å². The van der Waals surface area contributed by atoms with Gasteiger partial charge in [0.05, 0.1) is 18.3 Å². The van der Waals surface area contributed by atoms with Crippen LogP contribution < -0.4 is 16.4 Å². The highest BCUT2D eigenvalue weighted by molar-refractivity contribution is 4.81. The summed E-state index contributed by atoms with van der Waals surface area (Å²) in [5.41, 5.74) is 5.55. The smallest absolute Gasteiger partial charge is 0.214 e. The van der Waals surface area contributed by atoms with Crippen LogP contribution in [0.25, 0.3) is 0 Å². The summed E-state index contributed by atoms with van der Waals surface area (Å²) < 4.78 is 11.0. The van der Waals surface area contributed by atoms with Crippen LogP contribution in [0.1, 0.15) is 27.2 Å². The third-order valence-electron chi connectivity index (χ3n) is 2.68. The van der Waals surface area contributed by atoms with Gasteiger partial charge < -0.3 is 25.6 Å². The molecule has 0 aromatic rings. The highest BCUT2D eigenvalue weighted by atomic mass is 16.6. The van der Waals surface area contributed by atoms with Gasteiger partial charge in [0.25, 0.3) is 0 Å². The predicted molar refractivity (Wildman–Crippen MR) is 70.0 cm³/mol. The van der Waals surface area contributed by atoms with Crippen LogP contribution in [0.5, 0.6) is 0 Å². The van der Waals surface area contributed by atoms with Gasteiger partial charge in [-0.15, -0.1) is 0 Å². The van der Waals surface area contributed by atoms with Crippen molar-refractivity contribution in [3.05, 3.63) is 0 Å². The van der Waals surface area contributed by atoms with Crippen molar-refractivity contribution in [2.24, 2.45) is 5.73 Å². The van der Waals surface area contributed by atoms with Gasteiger partial charge in [-0.25, -0.2) is 0 Å². The summed E-state index contributed by atoms with van der Waals surface area (Å²) in [6.07, 6.45) is 0.0754. The molecule has 3 unspecified atom stereocenters. The van der Waals surface area contributed by atoms with Gasteiger partial charge in [0.15, 0.2) is 0 Å². The molecule has 1 rings (SSSR count). The highest BCUT2D eigenvalue weighted by Crippen LogP contribution is 2.08. The van der Waals surface area contributed by atoms with Crippen LogP contribution in [0.3, 0.4) is 0 Å². The SMILES string of the molecule is CC(C)(C)OC(O)NCCOC1CCNCC1N. The normalized spacial score (nSPS) is 27.2. The summed E-state index contributed by atoms with van der Waals surface area (Å²) in [7, 11) is 0. The molecule has 6 heteroatoms. The second kappa shape index (κ2) is 7.37. The van der Waals surface area contributed by atoms with Gasteiger partial charge in [0.1, 0.15) is 0 Å². The van der Waals surface area contributed by atoms with E-state index >= 15 is 0 Å². The zero-order chi connectivity index (χ0) is 13.6. The number of nitrogens with one attached hydrogen (secondary N) is 2. The van der Waals surface area contributed by atoms with Crippen molar-refractivity contribution in [3.63, 3.8) is 0 Å². The molecule has 1 heterocycles. The van der Waals surface area contributed by atoms with E-state index in [2.05, 4.69) is 10.6 Å². The van der Waals surface area contributed by atoms with Gasteiger partial charge in [-0.3, -0.25) is 5.32 Å². The monoisotopic (exact) mass is 261 g/mol. The molecule has 3 atom stereocenters. The summed E-state index contributed by atoms with van der Waals surface area (Å²) >= 11 is 0. The van der Waals surface area contributed by atoms with E-state index in [-0.39, 0.29) is 17.7 Å². The standard InChI is InChI=1S/C12H27N3O3/c1-12(2,3)18-11(16)15-6-7-17-10-4-5-14-8-9(10)13/h9-11,14-16H,4-8,13H2,1-3H3. The summed E-state index contributed by atoms with van der Waals surface area (Å²) in [5, 5.41) is 15.6. The minimum atomic E-state index is -0.963. The molecule has 1 aliphatic rings. The van der Waals surface area contributed by atoms with Crippen LogP contribution in [0.2, 0.25) is 0 Å². The molecule has 0 bridgehead atoms. The number of hydrogen-bond donors (Lipinski definition) is 4. The molecular weight excluding hydrogens is 234 g/mol. The number of hydrogen-bond acceptors (Lipinski definition) is 6. The summed E-state index contributed by atoms with van der Waals surface area (Å²) in [5.74, 6) is 0. The molecular formula is C12H27N3O3. The number of aliphatic hydroxyl groups excluding tert-OH is 1. The number of piperidine rings is 1. The Labute approximate surface area is 109 Å². The molecule has 0 aromatic heterocycles. The van der Waals surface area contributed by atoms with Gasteiger partial charge in [-0.2, -0.15) is 0 Å². The quantitative estimate of drug-likeness (QED) is 0.376. The van der Waals surface area contributed by atoms with E-state index in [1.54, 1.807) is 0 Å². The lowest BCUT2D eigenvalue weighted by molar-refractivity contribution is -0.182. The van der Waals surface area contributed by atoms with E-state index in [9.17, 15) is 5.11 Å². The van der Waals surface area contributed by atoms with E-state index < -0.39 is 6.41 Å². The fraction of sp³-hybridized carbons (Fsp3) is 1.00. The van der Waals surface area contributed by atoms with Crippen molar-refractivity contribution in [3.8, 4) is 0 Å². The fourth-order valence-corrected chi connectivity index (χ4v) is 1.83. The lowest BCUT2D eigenvalue weighted by Crippen LogP contribution is -2.51. The van der Waals surface area contributed by atoms with Gasteiger partial charge in [0, 0.05) is 19.1 Å². The van der Waals surface area contributed by atoms with Gasteiger partial charge in [-0.1, -0.05) is 0 Å². The van der Waals surface area contributed by atoms with E-state index in [1.165, 1.54) is 0 Å². The van der Waals surface area contributed by atoms with Crippen molar-refractivity contribution in [1.82, 2.24) is 10.6 Å². The van der Waals surface area contributed by atoms with E-state index in [0.717, 1.165) is 19.5 Å². The van der Waals surface area contributed by atoms with Crippen molar-refractivity contribution in [1.29, 1.82) is 0 Å². The molecule has 0 amide bonds. The Morgan fingerprint density at radius 1 is 1.50 bits per heavy atom. The Hall–Kier alpha value is -0.240. The second-order valence-electron chi connectivity index (χ2n) is 5.60. The molecule has 5 N–H and O–H groups in total. The Morgan fingerprint density at radius 3 is 2.83 bits per heavy atom. The summed E-state index contributed by atoms with van der Waals surface area (Å²) in [6.45, 7) is 8.47. The fourth-order valence-electron chi connectivity index (χ4n) is 1.83. The molecule has 0 saturated carbocycles. The van der Waals surface area contributed by atoms with Crippen LogP contribution in [-0.2, 0) is 9.47 Å². The van der Waals surface area contributed by atoms with Crippen LogP contribution in [0.15, 0.2) is 0 Å². The molecule has 6 nitrogen and oxygen atoms in total. The van der Waals surface area contributed by atoms with Gasteiger partial charge in [0.2, 0.25) is 6.41 Å². The minimum Gasteiger partial charge on any atom is -0.375 e. The van der Waals surface area contributed by atoms with Crippen LogP contribution >= 0.6 is 0 Å². The molecule has 0 aromatic carbocycles. The number of ether oxygens (including phenoxy) is 2. The maximum absolute atomic E-state index is 9.55. The highest BCUT2D eigenvalue weighted by Gasteiger charge is 2.22. The predicted octanol–water partition coefficient (Wildman–Crippen LogP) is -0.627. The first-order valence-corrected chi connectivity index (χ1v) is 6.55. The van der Waals surface area contributed by atoms with E-state index in [1.807, 2.05) is 20.8 Å². The van der Waals surface area contributed by atoms with Crippen molar-refractivity contribution in [2.45, 2.75) is 51.4 Å². The second-order valence-corrected chi connectivity index (χ2v) is 5.60. The summed E-state index contributed by atoms with van der Waals surface area (Å²) in [4.78, 5) is 0. The largest absolute Gasteiger partial charge is 0.375 e. The average molecular weight is 261 g/mol. The van der Waals surface area contributed by atoms with Crippen molar-refractivity contribution in [2.75, 3.05) is 26.2 Å². The maximum Gasteiger partial charge on any atom is 0.214 e. The minimum absolute atomic E-state index is 0.0505. The summed E-state index contributed by atoms with van der Waals surface area (Å²) in [6, 6.07) is 0.0505.